The van der Waals surface area contributed by atoms with Crippen molar-refractivity contribution in [3.05, 3.63) is 23.3 Å². The molecule has 2 aliphatic carbocycles. The maximum atomic E-state index is 12.4. The number of rotatable bonds is 6. The second kappa shape index (κ2) is 5.43. The molecule has 19 heavy (non-hydrogen) atoms. The zero-order valence-corrected chi connectivity index (χ0v) is 13.3. The van der Waals surface area contributed by atoms with Crippen molar-refractivity contribution in [2.75, 3.05) is 0 Å². The minimum atomic E-state index is -2.96. The van der Waals surface area contributed by atoms with Crippen LogP contribution in [0.15, 0.2) is 23.3 Å². The van der Waals surface area contributed by atoms with Gasteiger partial charge in [-0.3, -0.25) is 0 Å². The molecule has 2 aliphatic rings. The predicted molar refractivity (Wildman–Crippen MR) is 80.8 cm³/mol. The molecule has 2 nitrogen and oxygen atoms in total. The Hall–Kier alpha value is -0.570. The molecule has 0 saturated carbocycles. The Balaban J connectivity index is 1.93. The van der Waals surface area contributed by atoms with Crippen LogP contribution in [0.1, 0.15) is 53.4 Å². The lowest BCUT2D eigenvalue weighted by Crippen LogP contribution is -2.38. The third kappa shape index (κ3) is 3.31. The number of hydrogen-bond donors (Lipinski definition) is 0. The number of hydrogen-bond acceptors (Lipinski definition) is 2. The zero-order valence-electron chi connectivity index (χ0n) is 12.5. The van der Waals surface area contributed by atoms with Crippen LogP contribution in [0.4, 0.5) is 0 Å². The van der Waals surface area contributed by atoms with Crippen LogP contribution in [-0.4, -0.2) is 18.9 Å². The van der Waals surface area contributed by atoms with Crippen molar-refractivity contribution in [1.29, 1.82) is 0 Å². The molecule has 0 N–H and O–H groups in total. The molecular formula is C16H26O2S. The Bertz CT molecular complexity index is 455. The van der Waals surface area contributed by atoms with E-state index in [-0.39, 0.29) is 10.5 Å². The molecule has 0 aromatic carbocycles. The van der Waals surface area contributed by atoms with E-state index in [1.807, 2.05) is 12.2 Å². The van der Waals surface area contributed by atoms with Gasteiger partial charge in [0.15, 0.2) is 9.84 Å². The molecule has 2 rings (SSSR count). The van der Waals surface area contributed by atoms with Crippen molar-refractivity contribution in [1.82, 2.24) is 0 Å². The molecule has 0 fully saturated rings. The van der Waals surface area contributed by atoms with Gasteiger partial charge in [-0.1, -0.05) is 51.0 Å². The van der Waals surface area contributed by atoms with Crippen LogP contribution in [0.3, 0.4) is 0 Å². The molecule has 0 aliphatic heterocycles. The lowest BCUT2D eigenvalue weighted by molar-refractivity contribution is 0.546. The fraction of sp³-hybridized carbons (Fsp3) is 0.750. The average Bonchev–Trinajstić information content (AvgIpc) is 2.14. The van der Waals surface area contributed by atoms with Gasteiger partial charge in [-0.2, -0.15) is 0 Å². The van der Waals surface area contributed by atoms with Gasteiger partial charge in [-0.25, -0.2) is 8.42 Å². The first-order valence-electron chi connectivity index (χ1n) is 7.41. The second-order valence-electron chi connectivity index (χ2n) is 6.92. The van der Waals surface area contributed by atoms with E-state index in [2.05, 4.69) is 27.7 Å². The summed E-state index contributed by atoms with van der Waals surface area (Å²) in [4.78, 5) is 0. The zero-order chi connectivity index (χ0) is 14.2. The first-order valence-corrected chi connectivity index (χ1v) is 9.01. The summed E-state index contributed by atoms with van der Waals surface area (Å²) in [5.74, 6) is 1.24. The summed E-state index contributed by atoms with van der Waals surface area (Å²) in [6.45, 7) is 8.70. The maximum absolute atomic E-state index is 12.4. The molecule has 0 bridgehead atoms. The van der Waals surface area contributed by atoms with Crippen LogP contribution in [-0.2, 0) is 9.84 Å². The molecule has 0 spiro atoms. The molecule has 108 valence electrons. The van der Waals surface area contributed by atoms with E-state index in [9.17, 15) is 8.42 Å². The third-order valence-corrected chi connectivity index (χ3v) is 6.25. The Morgan fingerprint density at radius 2 is 1.26 bits per heavy atom. The Morgan fingerprint density at radius 1 is 0.947 bits per heavy atom. The van der Waals surface area contributed by atoms with E-state index in [0.29, 0.717) is 11.8 Å². The van der Waals surface area contributed by atoms with Gasteiger partial charge in [0.2, 0.25) is 0 Å². The van der Waals surface area contributed by atoms with Gasteiger partial charge in [-0.05, 0) is 37.5 Å². The fourth-order valence-corrected chi connectivity index (χ4v) is 5.08. The summed E-state index contributed by atoms with van der Waals surface area (Å²) in [6, 6.07) is 0. The third-order valence-electron chi connectivity index (χ3n) is 3.95. The predicted octanol–water partition coefficient (Wildman–Crippen LogP) is 3.89. The lowest BCUT2D eigenvalue weighted by Gasteiger charge is -2.33. The highest BCUT2D eigenvalue weighted by atomic mass is 32.2. The normalized spacial score (nSPS) is 26.8. The first kappa shape index (κ1) is 14.8. The van der Waals surface area contributed by atoms with Crippen LogP contribution in [0.2, 0.25) is 0 Å². The van der Waals surface area contributed by atoms with Gasteiger partial charge in [0.1, 0.15) is 0 Å². The molecule has 0 heterocycles. The van der Waals surface area contributed by atoms with Crippen molar-refractivity contribution in [3.8, 4) is 0 Å². The van der Waals surface area contributed by atoms with Gasteiger partial charge < -0.3 is 0 Å². The summed E-state index contributed by atoms with van der Waals surface area (Å²) in [7, 11) is -2.96. The van der Waals surface area contributed by atoms with Crippen LogP contribution in [0, 0.1) is 11.8 Å². The molecular weight excluding hydrogens is 256 g/mol. The minimum Gasteiger partial charge on any atom is -0.228 e. The van der Waals surface area contributed by atoms with Crippen molar-refractivity contribution in [2.45, 2.75) is 63.9 Å². The molecule has 0 saturated heterocycles. The summed E-state index contributed by atoms with van der Waals surface area (Å²) in [5.41, 5.74) is 2.66. The highest BCUT2D eigenvalue weighted by Gasteiger charge is 2.39. The van der Waals surface area contributed by atoms with Crippen molar-refractivity contribution >= 4 is 9.84 Å². The van der Waals surface area contributed by atoms with Crippen molar-refractivity contribution in [2.24, 2.45) is 11.8 Å². The van der Waals surface area contributed by atoms with E-state index in [4.69, 9.17) is 0 Å². The van der Waals surface area contributed by atoms with Crippen LogP contribution in [0.25, 0.3) is 0 Å². The molecule has 3 heteroatoms. The topological polar surface area (TPSA) is 34.1 Å². The smallest absolute Gasteiger partial charge is 0.163 e. The molecule has 0 aromatic rings. The quantitative estimate of drug-likeness (QED) is 0.693. The minimum absolute atomic E-state index is 0.205. The van der Waals surface area contributed by atoms with Crippen LogP contribution in [0.5, 0.6) is 0 Å². The summed E-state index contributed by atoms with van der Waals surface area (Å²) >= 11 is 0. The van der Waals surface area contributed by atoms with E-state index in [1.165, 1.54) is 11.1 Å². The van der Waals surface area contributed by atoms with Gasteiger partial charge in [0.25, 0.3) is 0 Å². The fourth-order valence-electron chi connectivity index (χ4n) is 2.97. The lowest BCUT2D eigenvalue weighted by atomic mass is 9.90. The molecule has 0 amide bonds. The Morgan fingerprint density at radius 3 is 1.53 bits per heavy atom. The molecule has 0 radical (unpaired) electrons. The summed E-state index contributed by atoms with van der Waals surface area (Å²) in [6.07, 6.45) is 7.61. The van der Waals surface area contributed by atoms with E-state index in [0.717, 1.165) is 25.7 Å². The van der Waals surface area contributed by atoms with Crippen molar-refractivity contribution < 1.29 is 8.42 Å². The second-order valence-corrected chi connectivity index (χ2v) is 9.31. The van der Waals surface area contributed by atoms with Gasteiger partial charge >= 0.3 is 0 Å². The Kier molecular flexibility index (Phi) is 4.24. The number of sulfone groups is 1. The summed E-state index contributed by atoms with van der Waals surface area (Å²) in [5, 5.41) is -0.411. The monoisotopic (exact) mass is 282 g/mol. The SMILES string of the molecule is CC(C)CC1=CC(S(=O)(=O)C2C=C(CC(C)C)C2)C1. The van der Waals surface area contributed by atoms with Crippen LogP contribution >= 0.6 is 0 Å². The van der Waals surface area contributed by atoms with Crippen molar-refractivity contribution in [3.63, 3.8) is 0 Å². The maximum Gasteiger partial charge on any atom is 0.163 e. The first-order chi connectivity index (χ1) is 8.79. The number of allylic oxidation sites excluding steroid dienone is 2. The van der Waals surface area contributed by atoms with Crippen LogP contribution < -0.4 is 0 Å². The molecule has 2 unspecified atom stereocenters. The summed E-state index contributed by atoms with van der Waals surface area (Å²) < 4.78 is 24.7. The Labute approximate surface area is 117 Å². The van der Waals surface area contributed by atoms with Gasteiger partial charge in [-0.15, -0.1) is 0 Å². The van der Waals surface area contributed by atoms with Gasteiger partial charge in [0, 0.05) is 0 Å². The van der Waals surface area contributed by atoms with E-state index >= 15 is 0 Å². The standard InChI is InChI=1S/C16H26O2S/c1-11(2)5-13-7-15(8-13)19(17,18)16-9-14(10-16)6-12(3)4/h7,9,11-12,15-16H,5-6,8,10H2,1-4H3. The van der Waals surface area contributed by atoms with E-state index < -0.39 is 9.84 Å². The molecule has 0 aromatic heterocycles. The molecule has 2 atom stereocenters. The van der Waals surface area contributed by atoms with Gasteiger partial charge in [0.05, 0.1) is 10.5 Å². The highest BCUT2D eigenvalue weighted by molar-refractivity contribution is 7.93. The van der Waals surface area contributed by atoms with E-state index in [1.54, 1.807) is 0 Å². The average molecular weight is 282 g/mol. The largest absolute Gasteiger partial charge is 0.228 e. The highest BCUT2D eigenvalue weighted by Crippen LogP contribution is 2.38.